The summed E-state index contributed by atoms with van der Waals surface area (Å²) in [5.74, 6) is 2.64. The average Bonchev–Trinajstić information content (AvgIpc) is 3.31. The maximum atomic E-state index is 12.5. The van der Waals surface area contributed by atoms with E-state index in [1.807, 2.05) is 12.1 Å². The number of fused-ring (bicyclic) bond motifs is 1. The van der Waals surface area contributed by atoms with E-state index in [9.17, 15) is 4.79 Å². The summed E-state index contributed by atoms with van der Waals surface area (Å²) in [5, 5.41) is 11.6. The monoisotopic (exact) mass is 384 g/mol. The van der Waals surface area contributed by atoms with Crippen molar-refractivity contribution in [2.24, 2.45) is 0 Å². The third kappa shape index (κ3) is 4.70. The summed E-state index contributed by atoms with van der Waals surface area (Å²) in [6.07, 6.45) is 7.56. The molecule has 0 bridgehead atoms. The highest BCUT2D eigenvalue weighted by Crippen LogP contribution is 2.18. The number of nitrogens with zero attached hydrogens (tertiary/aromatic N) is 3. The molecule has 1 aromatic carbocycles. The molecule has 1 fully saturated rings. The molecule has 1 atom stereocenters. The summed E-state index contributed by atoms with van der Waals surface area (Å²) in [5.41, 5.74) is 0.602. The standard InChI is InChI=1S/C21H28N4O3/c26-21(16-6-4-7-17(14-16)28-15-18-8-5-13-27-18)22-11-10-20-24-23-19-9-2-1-3-12-25(19)20/h4,6-7,14,18H,1-3,5,8-13,15H2,(H,22,26). The molecule has 1 saturated heterocycles. The summed E-state index contributed by atoms with van der Waals surface area (Å²) >= 11 is 0. The van der Waals surface area contributed by atoms with Crippen molar-refractivity contribution in [2.75, 3.05) is 19.8 Å². The molecule has 1 N–H and O–H groups in total. The van der Waals surface area contributed by atoms with Gasteiger partial charge in [0.25, 0.3) is 5.91 Å². The first-order valence-corrected chi connectivity index (χ1v) is 10.3. The highest BCUT2D eigenvalue weighted by Gasteiger charge is 2.17. The lowest BCUT2D eigenvalue weighted by Gasteiger charge is -2.12. The molecule has 0 spiro atoms. The zero-order valence-corrected chi connectivity index (χ0v) is 16.2. The highest BCUT2D eigenvalue weighted by atomic mass is 16.5. The number of aromatic nitrogens is 3. The minimum absolute atomic E-state index is 0.0989. The Morgan fingerprint density at radius 1 is 1.25 bits per heavy atom. The fourth-order valence-corrected chi connectivity index (χ4v) is 3.81. The van der Waals surface area contributed by atoms with Crippen molar-refractivity contribution in [3.63, 3.8) is 0 Å². The molecular formula is C21H28N4O3. The fraction of sp³-hybridized carbons (Fsp3) is 0.571. The van der Waals surface area contributed by atoms with E-state index in [2.05, 4.69) is 20.1 Å². The molecular weight excluding hydrogens is 356 g/mol. The summed E-state index contributed by atoms with van der Waals surface area (Å²) in [6.45, 7) is 2.86. The Bertz CT molecular complexity index is 799. The molecule has 0 aliphatic carbocycles. The second-order valence-corrected chi connectivity index (χ2v) is 7.47. The number of carbonyl (C=O) groups is 1. The lowest BCUT2D eigenvalue weighted by molar-refractivity contribution is 0.0679. The van der Waals surface area contributed by atoms with Gasteiger partial charge >= 0.3 is 0 Å². The molecule has 7 nitrogen and oxygen atoms in total. The van der Waals surface area contributed by atoms with E-state index in [4.69, 9.17) is 9.47 Å². The molecule has 1 amide bonds. The van der Waals surface area contributed by atoms with Crippen molar-refractivity contribution in [2.45, 2.75) is 57.6 Å². The first kappa shape index (κ1) is 18.9. The quantitative estimate of drug-likeness (QED) is 0.794. The number of carbonyl (C=O) groups excluding carboxylic acids is 1. The molecule has 0 saturated carbocycles. The van der Waals surface area contributed by atoms with Gasteiger partial charge in [0, 0.05) is 38.1 Å². The van der Waals surface area contributed by atoms with E-state index in [0.29, 0.717) is 30.9 Å². The van der Waals surface area contributed by atoms with Crippen molar-refractivity contribution in [1.29, 1.82) is 0 Å². The van der Waals surface area contributed by atoms with Gasteiger partial charge in [-0.3, -0.25) is 4.79 Å². The lowest BCUT2D eigenvalue weighted by Crippen LogP contribution is -2.26. The van der Waals surface area contributed by atoms with Crippen molar-refractivity contribution in [3.8, 4) is 5.75 Å². The number of hydrogen-bond acceptors (Lipinski definition) is 5. The summed E-state index contributed by atoms with van der Waals surface area (Å²) < 4.78 is 13.6. The summed E-state index contributed by atoms with van der Waals surface area (Å²) in [4.78, 5) is 12.5. The first-order chi connectivity index (χ1) is 13.8. The van der Waals surface area contributed by atoms with Crippen LogP contribution in [-0.2, 0) is 24.1 Å². The highest BCUT2D eigenvalue weighted by molar-refractivity contribution is 5.94. The molecule has 2 aliphatic rings. The predicted molar refractivity (Wildman–Crippen MR) is 105 cm³/mol. The van der Waals surface area contributed by atoms with Crippen LogP contribution in [-0.4, -0.2) is 46.5 Å². The van der Waals surface area contributed by atoms with Crippen LogP contribution >= 0.6 is 0 Å². The number of hydrogen-bond donors (Lipinski definition) is 1. The largest absolute Gasteiger partial charge is 0.491 e. The number of amides is 1. The minimum Gasteiger partial charge on any atom is -0.491 e. The maximum Gasteiger partial charge on any atom is 0.251 e. The first-order valence-electron chi connectivity index (χ1n) is 10.3. The number of ether oxygens (including phenoxy) is 2. The number of rotatable bonds is 7. The fourth-order valence-electron chi connectivity index (χ4n) is 3.81. The molecule has 2 aromatic rings. The van der Waals surface area contributed by atoms with Crippen LogP contribution in [0.2, 0.25) is 0 Å². The maximum absolute atomic E-state index is 12.5. The molecule has 1 aromatic heterocycles. The van der Waals surface area contributed by atoms with E-state index in [-0.39, 0.29) is 12.0 Å². The Labute approximate surface area is 165 Å². The van der Waals surface area contributed by atoms with Gasteiger partial charge in [-0.05, 0) is 43.9 Å². The van der Waals surface area contributed by atoms with Crippen LogP contribution in [0.5, 0.6) is 5.75 Å². The van der Waals surface area contributed by atoms with Gasteiger partial charge in [0.15, 0.2) is 0 Å². The Morgan fingerprint density at radius 2 is 2.21 bits per heavy atom. The SMILES string of the molecule is O=C(NCCc1nnc2n1CCCCC2)c1cccc(OCC2CCCO2)c1. The normalized spacial score (nSPS) is 19.1. The van der Waals surface area contributed by atoms with E-state index >= 15 is 0 Å². The third-order valence-corrected chi connectivity index (χ3v) is 5.38. The summed E-state index contributed by atoms with van der Waals surface area (Å²) in [7, 11) is 0. The van der Waals surface area contributed by atoms with Crippen LogP contribution < -0.4 is 10.1 Å². The van der Waals surface area contributed by atoms with Gasteiger partial charge in [-0.25, -0.2) is 0 Å². The van der Waals surface area contributed by atoms with Gasteiger partial charge in [0.2, 0.25) is 0 Å². The van der Waals surface area contributed by atoms with Gasteiger partial charge in [-0.15, -0.1) is 10.2 Å². The predicted octanol–water partition coefficient (Wildman–Crippen LogP) is 2.53. The molecule has 150 valence electrons. The molecule has 7 heteroatoms. The Kier molecular flexibility index (Phi) is 6.21. The summed E-state index contributed by atoms with van der Waals surface area (Å²) in [6, 6.07) is 7.31. The Hall–Kier alpha value is -2.41. The Balaban J connectivity index is 1.28. The number of benzene rings is 1. The van der Waals surface area contributed by atoms with Crippen LogP contribution in [0.25, 0.3) is 0 Å². The van der Waals surface area contributed by atoms with E-state index in [1.165, 1.54) is 19.3 Å². The van der Waals surface area contributed by atoms with Gasteiger partial charge in [-0.2, -0.15) is 0 Å². The average molecular weight is 384 g/mol. The molecule has 2 aliphatic heterocycles. The molecule has 3 heterocycles. The van der Waals surface area contributed by atoms with Gasteiger partial charge in [0.05, 0.1) is 6.10 Å². The molecule has 0 radical (unpaired) electrons. The zero-order chi connectivity index (χ0) is 19.2. The minimum atomic E-state index is -0.0989. The number of aryl methyl sites for hydroxylation is 1. The molecule has 28 heavy (non-hydrogen) atoms. The van der Waals surface area contributed by atoms with Crippen molar-refractivity contribution < 1.29 is 14.3 Å². The van der Waals surface area contributed by atoms with Crippen molar-refractivity contribution in [1.82, 2.24) is 20.1 Å². The van der Waals surface area contributed by atoms with E-state index < -0.39 is 0 Å². The second-order valence-electron chi connectivity index (χ2n) is 7.47. The number of nitrogens with one attached hydrogen (secondary N) is 1. The van der Waals surface area contributed by atoms with Crippen LogP contribution in [0.15, 0.2) is 24.3 Å². The van der Waals surface area contributed by atoms with Gasteiger partial charge in [-0.1, -0.05) is 12.5 Å². The topological polar surface area (TPSA) is 78.3 Å². The smallest absolute Gasteiger partial charge is 0.251 e. The van der Waals surface area contributed by atoms with Gasteiger partial charge in [0.1, 0.15) is 24.0 Å². The van der Waals surface area contributed by atoms with Crippen LogP contribution in [0, 0.1) is 0 Å². The van der Waals surface area contributed by atoms with E-state index in [1.54, 1.807) is 12.1 Å². The van der Waals surface area contributed by atoms with Crippen molar-refractivity contribution >= 4 is 5.91 Å². The van der Waals surface area contributed by atoms with E-state index in [0.717, 1.165) is 44.1 Å². The van der Waals surface area contributed by atoms with Gasteiger partial charge < -0.3 is 19.4 Å². The zero-order valence-electron chi connectivity index (χ0n) is 16.2. The van der Waals surface area contributed by atoms with Crippen LogP contribution in [0.4, 0.5) is 0 Å². The van der Waals surface area contributed by atoms with Crippen LogP contribution in [0.1, 0.15) is 54.1 Å². The molecule has 1 unspecified atom stereocenters. The van der Waals surface area contributed by atoms with Crippen LogP contribution in [0.3, 0.4) is 0 Å². The Morgan fingerprint density at radius 3 is 3.11 bits per heavy atom. The van der Waals surface area contributed by atoms with Crippen molar-refractivity contribution in [3.05, 3.63) is 41.5 Å². The second kappa shape index (κ2) is 9.19. The third-order valence-electron chi connectivity index (χ3n) is 5.38. The molecule has 4 rings (SSSR count). The lowest BCUT2D eigenvalue weighted by atomic mass is 10.2.